The fourth-order valence-corrected chi connectivity index (χ4v) is 1.48. The first-order chi connectivity index (χ1) is 8.57. The van der Waals surface area contributed by atoms with E-state index in [0.717, 1.165) is 5.69 Å². The molecule has 0 aliphatic carbocycles. The summed E-state index contributed by atoms with van der Waals surface area (Å²) in [7, 11) is 1.78. The Kier molecular flexibility index (Phi) is 4.03. The molecule has 1 heterocycles. The Balaban J connectivity index is 2.93. The summed E-state index contributed by atoms with van der Waals surface area (Å²) in [5, 5.41) is 6.77. The number of carbonyl (C=O) groups excluding carboxylic acids is 2. The van der Waals surface area contributed by atoms with Crippen LogP contribution < -0.4 is 5.32 Å². The fraction of sp³-hybridized carbons (Fsp3) is 0.615. The monoisotopic (exact) mass is 267 g/mol. The van der Waals surface area contributed by atoms with Crippen LogP contribution >= 0.6 is 0 Å². The number of ether oxygens (including phenoxy) is 1. The summed E-state index contributed by atoms with van der Waals surface area (Å²) in [6.07, 6.45) is 0.00371. The van der Waals surface area contributed by atoms with Crippen molar-refractivity contribution in [2.24, 2.45) is 7.05 Å². The lowest BCUT2D eigenvalue weighted by Gasteiger charge is -2.26. The summed E-state index contributed by atoms with van der Waals surface area (Å²) in [5.74, 6) is 0. The number of nitrogens with zero attached hydrogens (tertiary/aromatic N) is 2. The molecule has 1 atom stereocenters. The third kappa shape index (κ3) is 3.81. The van der Waals surface area contributed by atoms with Crippen LogP contribution in [0.1, 0.15) is 39.1 Å². The zero-order valence-electron chi connectivity index (χ0n) is 12.3. The van der Waals surface area contributed by atoms with Gasteiger partial charge in [-0.25, -0.2) is 4.79 Å². The van der Waals surface area contributed by atoms with Crippen LogP contribution in [0.25, 0.3) is 0 Å². The SMILES string of the molecule is Cc1cc(C(C)(C=O)NC(=O)OC(C)(C)C)nn1C. The van der Waals surface area contributed by atoms with E-state index in [1.807, 2.05) is 6.92 Å². The van der Waals surface area contributed by atoms with Crippen molar-refractivity contribution in [1.29, 1.82) is 0 Å². The summed E-state index contributed by atoms with van der Waals surface area (Å²) < 4.78 is 6.80. The molecule has 1 N–H and O–H groups in total. The van der Waals surface area contributed by atoms with Gasteiger partial charge in [0, 0.05) is 12.7 Å². The summed E-state index contributed by atoms with van der Waals surface area (Å²) >= 11 is 0. The Morgan fingerprint density at radius 2 is 2.00 bits per heavy atom. The first-order valence-electron chi connectivity index (χ1n) is 6.06. The quantitative estimate of drug-likeness (QED) is 0.845. The lowest BCUT2D eigenvalue weighted by molar-refractivity contribution is -0.113. The molecule has 0 aliphatic heterocycles. The number of hydrogen-bond acceptors (Lipinski definition) is 4. The van der Waals surface area contributed by atoms with Crippen molar-refractivity contribution in [1.82, 2.24) is 15.1 Å². The van der Waals surface area contributed by atoms with Gasteiger partial charge in [-0.15, -0.1) is 0 Å². The molecule has 0 fully saturated rings. The standard InChI is InChI=1S/C13H21N3O3/c1-9-7-10(15-16(9)6)13(5,8-17)14-11(18)19-12(2,3)4/h7-8H,1-6H3,(H,14,18). The Hall–Kier alpha value is -1.85. The minimum Gasteiger partial charge on any atom is -0.444 e. The highest BCUT2D eigenvalue weighted by Crippen LogP contribution is 2.19. The molecule has 0 saturated carbocycles. The number of carbonyl (C=O) groups is 2. The smallest absolute Gasteiger partial charge is 0.408 e. The number of rotatable bonds is 3. The van der Waals surface area contributed by atoms with Crippen molar-refractivity contribution >= 4 is 12.4 Å². The van der Waals surface area contributed by atoms with Crippen LogP contribution in [0.5, 0.6) is 0 Å². The molecule has 1 aromatic rings. The normalized spacial score (nSPS) is 14.6. The molecule has 1 rings (SSSR count). The molecular formula is C13H21N3O3. The second-order valence-corrected chi connectivity index (χ2v) is 5.74. The van der Waals surface area contributed by atoms with Gasteiger partial charge in [-0.3, -0.25) is 4.68 Å². The first-order valence-corrected chi connectivity index (χ1v) is 6.06. The fourth-order valence-electron chi connectivity index (χ4n) is 1.48. The van der Waals surface area contributed by atoms with Gasteiger partial charge in [0.15, 0.2) is 6.29 Å². The third-order valence-electron chi connectivity index (χ3n) is 2.64. The maximum Gasteiger partial charge on any atom is 0.408 e. The van der Waals surface area contributed by atoms with Crippen molar-refractivity contribution < 1.29 is 14.3 Å². The van der Waals surface area contributed by atoms with Gasteiger partial charge in [0.2, 0.25) is 0 Å². The maximum atomic E-state index is 11.8. The second kappa shape index (κ2) is 5.03. The number of alkyl carbamates (subject to hydrolysis) is 1. The number of amides is 1. The minimum absolute atomic E-state index is 0.480. The summed E-state index contributed by atoms with van der Waals surface area (Å²) in [5.41, 5.74) is -0.440. The van der Waals surface area contributed by atoms with Gasteiger partial charge in [-0.1, -0.05) is 0 Å². The Labute approximate surface area is 113 Å². The van der Waals surface area contributed by atoms with Gasteiger partial charge in [0.1, 0.15) is 11.1 Å². The highest BCUT2D eigenvalue weighted by atomic mass is 16.6. The van der Waals surface area contributed by atoms with E-state index in [-0.39, 0.29) is 0 Å². The Morgan fingerprint density at radius 3 is 2.37 bits per heavy atom. The van der Waals surface area contributed by atoms with E-state index >= 15 is 0 Å². The minimum atomic E-state index is -1.20. The molecule has 1 aromatic heterocycles. The number of aryl methyl sites for hydroxylation is 2. The highest BCUT2D eigenvalue weighted by Gasteiger charge is 2.33. The van der Waals surface area contributed by atoms with Crippen molar-refractivity contribution in [3.8, 4) is 0 Å². The molecular weight excluding hydrogens is 246 g/mol. The summed E-state index contributed by atoms with van der Waals surface area (Å²) in [6.45, 7) is 8.74. The topological polar surface area (TPSA) is 73.2 Å². The van der Waals surface area contributed by atoms with Gasteiger partial charge in [0.05, 0.1) is 5.69 Å². The van der Waals surface area contributed by atoms with E-state index in [1.54, 1.807) is 45.5 Å². The van der Waals surface area contributed by atoms with Crippen molar-refractivity contribution in [2.45, 2.75) is 45.8 Å². The average molecular weight is 267 g/mol. The van der Waals surface area contributed by atoms with Gasteiger partial charge < -0.3 is 14.8 Å². The van der Waals surface area contributed by atoms with E-state index in [9.17, 15) is 9.59 Å². The molecule has 6 nitrogen and oxygen atoms in total. The highest BCUT2D eigenvalue weighted by molar-refractivity contribution is 5.77. The molecule has 1 amide bonds. The van der Waals surface area contributed by atoms with Crippen LogP contribution in [0.4, 0.5) is 4.79 Å². The van der Waals surface area contributed by atoms with Crippen molar-refractivity contribution in [3.63, 3.8) is 0 Å². The van der Waals surface area contributed by atoms with Crippen LogP contribution in [-0.2, 0) is 22.1 Å². The van der Waals surface area contributed by atoms with E-state index in [0.29, 0.717) is 12.0 Å². The Morgan fingerprint density at radius 1 is 1.42 bits per heavy atom. The average Bonchev–Trinajstić information content (AvgIpc) is 2.56. The number of hydrogen-bond donors (Lipinski definition) is 1. The van der Waals surface area contributed by atoms with Crippen molar-refractivity contribution in [2.75, 3.05) is 0 Å². The van der Waals surface area contributed by atoms with E-state index in [2.05, 4.69) is 10.4 Å². The van der Waals surface area contributed by atoms with Crippen LogP contribution in [0.3, 0.4) is 0 Å². The molecule has 19 heavy (non-hydrogen) atoms. The van der Waals surface area contributed by atoms with Gasteiger partial charge in [-0.05, 0) is 40.7 Å². The van der Waals surface area contributed by atoms with Crippen LogP contribution in [0.2, 0.25) is 0 Å². The predicted octanol–water partition coefficient (Wildman–Crippen LogP) is 1.67. The first kappa shape index (κ1) is 15.2. The Bertz CT molecular complexity index is 468. The second-order valence-electron chi connectivity index (χ2n) is 5.74. The lowest BCUT2D eigenvalue weighted by atomic mass is 10.0. The third-order valence-corrected chi connectivity index (χ3v) is 2.64. The van der Waals surface area contributed by atoms with Gasteiger partial charge in [0.25, 0.3) is 0 Å². The zero-order valence-corrected chi connectivity index (χ0v) is 12.3. The number of aldehydes is 1. The number of aromatic nitrogens is 2. The largest absolute Gasteiger partial charge is 0.444 e. The van der Waals surface area contributed by atoms with Gasteiger partial charge >= 0.3 is 6.09 Å². The summed E-state index contributed by atoms with van der Waals surface area (Å²) in [4.78, 5) is 23.1. The van der Waals surface area contributed by atoms with Crippen molar-refractivity contribution in [3.05, 3.63) is 17.5 Å². The molecule has 6 heteroatoms. The van der Waals surface area contributed by atoms with Crippen LogP contribution in [0.15, 0.2) is 6.07 Å². The molecule has 0 saturated heterocycles. The lowest BCUT2D eigenvalue weighted by Crippen LogP contribution is -2.47. The van der Waals surface area contributed by atoms with E-state index < -0.39 is 17.2 Å². The van der Waals surface area contributed by atoms with E-state index in [1.165, 1.54) is 0 Å². The maximum absolute atomic E-state index is 11.8. The molecule has 0 aliphatic rings. The molecule has 0 aromatic carbocycles. The zero-order chi connectivity index (χ0) is 14.8. The molecule has 1 unspecified atom stereocenters. The summed E-state index contributed by atoms with van der Waals surface area (Å²) in [6, 6.07) is 1.76. The van der Waals surface area contributed by atoms with Gasteiger partial charge in [-0.2, -0.15) is 5.10 Å². The van der Waals surface area contributed by atoms with Crippen LogP contribution in [-0.4, -0.2) is 27.8 Å². The number of nitrogens with one attached hydrogen (secondary N) is 1. The molecule has 0 spiro atoms. The molecule has 0 radical (unpaired) electrons. The molecule has 0 bridgehead atoms. The van der Waals surface area contributed by atoms with E-state index in [4.69, 9.17) is 4.74 Å². The molecule has 106 valence electrons. The predicted molar refractivity (Wildman–Crippen MR) is 70.7 cm³/mol. The van der Waals surface area contributed by atoms with Crippen LogP contribution in [0, 0.1) is 6.92 Å².